The molecule has 7 heteroatoms. The lowest BCUT2D eigenvalue weighted by Crippen LogP contribution is -2.46. The van der Waals surface area contributed by atoms with Gasteiger partial charge in [0.1, 0.15) is 5.82 Å². The van der Waals surface area contributed by atoms with Crippen molar-refractivity contribution in [2.45, 2.75) is 25.8 Å². The number of amides is 2. The van der Waals surface area contributed by atoms with E-state index in [4.69, 9.17) is 4.74 Å². The predicted octanol–water partition coefficient (Wildman–Crippen LogP) is 2.09. The van der Waals surface area contributed by atoms with Gasteiger partial charge < -0.3 is 15.4 Å². The number of nitrogens with one attached hydrogen (secondary N) is 2. The number of esters is 1. The van der Waals surface area contributed by atoms with Gasteiger partial charge in [0, 0.05) is 18.3 Å². The fraction of sp³-hybridized carbons (Fsp3) is 0.444. The summed E-state index contributed by atoms with van der Waals surface area (Å²) in [5, 5.41) is 5.33. The van der Waals surface area contributed by atoms with Crippen LogP contribution in [0.15, 0.2) is 35.5 Å². The molecule has 0 aromatic heterocycles. The van der Waals surface area contributed by atoms with E-state index in [1.165, 1.54) is 6.07 Å². The van der Waals surface area contributed by atoms with Crippen LogP contribution in [0.2, 0.25) is 0 Å². The van der Waals surface area contributed by atoms with Crippen molar-refractivity contribution >= 4 is 12.0 Å². The molecule has 6 nitrogen and oxygen atoms in total. The van der Waals surface area contributed by atoms with E-state index in [-0.39, 0.29) is 31.0 Å². The largest absolute Gasteiger partial charge is 0.463 e. The Hall–Kier alpha value is -2.41. The Kier molecular flexibility index (Phi) is 5.33. The highest BCUT2D eigenvalue weighted by molar-refractivity contribution is 5.93. The molecule has 1 aromatic rings. The van der Waals surface area contributed by atoms with Crippen LogP contribution in [0.3, 0.4) is 0 Å². The SMILES string of the molecule is CCOC(=O)C1=C(CN2CCC[C@@H]2c2cccc(F)c2)NC(=O)NC1. The fourth-order valence-electron chi connectivity index (χ4n) is 3.39. The number of ether oxygens (including phenoxy) is 1. The summed E-state index contributed by atoms with van der Waals surface area (Å²) >= 11 is 0. The number of benzene rings is 1. The summed E-state index contributed by atoms with van der Waals surface area (Å²) in [6.45, 7) is 3.41. The maximum absolute atomic E-state index is 13.6. The molecule has 0 bridgehead atoms. The Labute approximate surface area is 146 Å². The molecule has 25 heavy (non-hydrogen) atoms. The number of nitrogens with zero attached hydrogens (tertiary/aromatic N) is 1. The summed E-state index contributed by atoms with van der Waals surface area (Å²) in [4.78, 5) is 26.0. The van der Waals surface area contributed by atoms with Crippen LogP contribution in [0.1, 0.15) is 31.4 Å². The maximum atomic E-state index is 13.6. The van der Waals surface area contributed by atoms with Crippen molar-refractivity contribution in [1.29, 1.82) is 0 Å². The molecule has 1 atom stereocenters. The van der Waals surface area contributed by atoms with Gasteiger partial charge in [-0.15, -0.1) is 0 Å². The van der Waals surface area contributed by atoms with Crippen LogP contribution in [0, 0.1) is 5.82 Å². The molecule has 2 aliphatic rings. The van der Waals surface area contributed by atoms with Crippen LogP contribution < -0.4 is 10.6 Å². The van der Waals surface area contributed by atoms with Crippen LogP contribution in [0.25, 0.3) is 0 Å². The standard InChI is InChI=1S/C18H22FN3O3/c1-2-25-17(23)14-10-20-18(24)21-15(14)11-22-8-4-7-16(22)12-5-3-6-13(19)9-12/h3,5-6,9,16H,2,4,7-8,10-11H2,1H3,(H2,20,21,24)/t16-/m1/s1. The molecule has 2 amide bonds. The first-order chi connectivity index (χ1) is 12.1. The molecule has 1 fully saturated rings. The van der Waals surface area contributed by atoms with Crippen molar-refractivity contribution in [3.8, 4) is 0 Å². The summed E-state index contributed by atoms with van der Waals surface area (Å²) in [7, 11) is 0. The van der Waals surface area contributed by atoms with Crippen LogP contribution in [-0.4, -0.2) is 43.1 Å². The Morgan fingerprint density at radius 2 is 2.28 bits per heavy atom. The first kappa shape index (κ1) is 17.4. The normalized spacial score (nSPS) is 21.0. The zero-order valence-corrected chi connectivity index (χ0v) is 14.2. The van der Waals surface area contributed by atoms with Crippen LogP contribution >= 0.6 is 0 Å². The number of likely N-dealkylation sites (tertiary alicyclic amines) is 1. The lowest BCUT2D eigenvalue weighted by Gasteiger charge is -2.29. The van der Waals surface area contributed by atoms with Gasteiger partial charge in [0.15, 0.2) is 0 Å². The molecule has 1 saturated heterocycles. The molecule has 0 saturated carbocycles. The zero-order valence-electron chi connectivity index (χ0n) is 14.2. The first-order valence-corrected chi connectivity index (χ1v) is 8.52. The van der Waals surface area contributed by atoms with Crippen molar-refractivity contribution in [1.82, 2.24) is 15.5 Å². The molecule has 134 valence electrons. The predicted molar refractivity (Wildman–Crippen MR) is 90.1 cm³/mol. The Morgan fingerprint density at radius 3 is 3.04 bits per heavy atom. The smallest absolute Gasteiger partial charge is 0.337 e. The van der Waals surface area contributed by atoms with Crippen molar-refractivity contribution < 1.29 is 18.7 Å². The van der Waals surface area contributed by atoms with E-state index in [1.807, 2.05) is 6.07 Å². The number of hydrogen-bond acceptors (Lipinski definition) is 4. The minimum absolute atomic E-state index is 0.0680. The molecule has 2 aliphatic heterocycles. The number of halogens is 1. The molecule has 3 rings (SSSR count). The summed E-state index contributed by atoms with van der Waals surface area (Å²) in [5.41, 5.74) is 1.91. The molecular formula is C18H22FN3O3. The van der Waals surface area contributed by atoms with Crippen molar-refractivity contribution in [3.05, 3.63) is 46.9 Å². The summed E-state index contributed by atoms with van der Waals surface area (Å²) < 4.78 is 18.6. The van der Waals surface area contributed by atoms with Gasteiger partial charge in [0.2, 0.25) is 0 Å². The Morgan fingerprint density at radius 1 is 1.44 bits per heavy atom. The van der Waals surface area contributed by atoms with Gasteiger partial charge in [-0.25, -0.2) is 14.0 Å². The highest BCUT2D eigenvalue weighted by atomic mass is 19.1. The summed E-state index contributed by atoms with van der Waals surface area (Å²) in [6.07, 6.45) is 1.90. The lowest BCUT2D eigenvalue weighted by atomic mass is 10.0. The van der Waals surface area contributed by atoms with Crippen LogP contribution in [-0.2, 0) is 9.53 Å². The number of carbonyl (C=O) groups excluding carboxylic acids is 2. The van der Waals surface area contributed by atoms with Gasteiger partial charge in [0.05, 0.1) is 18.7 Å². The fourth-order valence-corrected chi connectivity index (χ4v) is 3.39. The van der Waals surface area contributed by atoms with E-state index in [0.29, 0.717) is 17.8 Å². The maximum Gasteiger partial charge on any atom is 0.337 e. The molecule has 0 radical (unpaired) electrons. The number of hydrogen-bond donors (Lipinski definition) is 2. The minimum atomic E-state index is -0.425. The molecule has 0 aliphatic carbocycles. The van der Waals surface area contributed by atoms with Gasteiger partial charge in [-0.1, -0.05) is 12.1 Å². The van der Waals surface area contributed by atoms with Gasteiger partial charge in [-0.3, -0.25) is 4.90 Å². The van der Waals surface area contributed by atoms with Crippen LogP contribution in [0.5, 0.6) is 0 Å². The third-order valence-electron chi connectivity index (χ3n) is 4.53. The highest BCUT2D eigenvalue weighted by Crippen LogP contribution is 2.32. The Balaban J connectivity index is 1.82. The summed E-state index contributed by atoms with van der Waals surface area (Å²) in [6, 6.07) is 6.33. The van der Waals surface area contributed by atoms with Crippen molar-refractivity contribution in [2.75, 3.05) is 26.2 Å². The molecule has 1 aromatic carbocycles. The highest BCUT2D eigenvalue weighted by Gasteiger charge is 2.30. The average molecular weight is 347 g/mol. The van der Waals surface area contributed by atoms with E-state index in [9.17, 15) is 14.0 Å². The molecule has 2 heterocycles. The van der Waals surface area contributed by atoms with E-state index in [1.54, 1.807) is 19.1 Å². The van der Waals surface area contributed by atoms with Gasteiger partial charge in [0.25, 0.3) is 0 Å². The van der Waals surface area contributed by atoms with E-state index >= 15 is 0 Å². The molecular weight excluding hydrogens is 325 g/mol. The molecule has 2 N–H and O–H groups in total. The Bertz CT molecular complexity index is 705. The third kappa shape index (κ3) is 3.99. The van der Waals surface area contributed by atoms with Crippen molar-refractivity contribution in [3.63, 3.8) is 0 Å². The van der Waals surface area contributed by atoms with Gasteiger partial charge in [-0.2, -0.15) is 0 Å². The second-order valence-corrected chi connectivity index (χ2v) is 6.17. The average Bonchev–Trinajstić information content (AvgIpc) is 3.03. The topological polar surface area (TPSA) is 70.7 Å². The second-order valence-electron chi connectivity index (χ2n) is 6.17. The van der Waals surface area contributed by atoms with E-state index < -0.39 is 5.97 Å². The lowest BCUT2D eigenvalue weighted by molar-refractivity contribution is -0.138. The molecule has 0 unspecified atom stereocenters. The minimum Gasteiger partial charge on any atom is -0.463 e. The number of rotatable bonds is 5. The van der Waals surface area contributed by atoms with E-state index in [2.05, 4.69) is 15.5 Å². The van der Waals surface area contributed by atoms with Crippen LogP contribution in [0.4, 0.5) is 9.18 Å². The van der Waals surface area contributed by atoms with Crippen molar-refractivity contribution in [2.24, 2.45) is 0 Å². The van der Waals surface area contributed by atoms with E-state index in [0.717, 1.165) is 24.9 Å². The molecule has 0 spiro atoms. The zero-order chi connectivity index (χ0) is 17.8. The summed E-state index contributed by atoms with van der Waals surface area (Å²) in [5.74, 6) is -0.683. The van der Waals surface area contributed by atoms with Gasteiger partial charge >= 0.3 is 12.0 Å². The second kappa shape index (κ2) is 7.65. The monoisotopic (exact) mass is 347 g/mol. The first-order valence-electron chi connectivity index (χ1n) is 8.52. The number of urea groups is 1. The van der Waals surface area contributed by atoms with Gasteiger partial charge in [-0.05, 0) is 44.0 Å². The quantitative estimate of drug-likeness (QED) is 0.800. The number of carbonyl (C=O) groups is 2. The third-order valence-corrected chi connectivity index (χ3v) is 4.53.